The van der Waals surface area contributed by atoms with Crippen molar-refractivity contribution >= 4 is 11.6 Å². The van der Waals surface area contributed by atoms with Crippen LogP contribution in [-0.4, -0.2) is 30.2 Å². The molecule has 2 N–H and O–H groups in total. The third kappa shape index (κ3) is 3.23. The molecule has 0 unspecified atom stereocenters. The highest BCUT2D eigenvalue weighted by Gasteiger charge is 1.95. The van der Waals surface area contributed by atoms with E-state index in [1.54, 1.807) is 13.1 Å². The third-order valence-corrected chi connectivity index (χ3v) is 1.54. The maximum Gasteiger partial charge on any atom is 0.131 e. The smallest absolute Gasteiger partial charge is 0.131 e. The second-order valence-electron chi connectivity index (χ2n) is 2.51. The van der Waals surface area contributed by atoms with E-state index < -0.39 is 0 Å². The van der Waals surface area contributed by atoms with E-state index in [1.807, 2.05) is 0 Å². The molecule has 0 spiro atoms. The molecule has 1 aromatic heterocycles. The first-order chi connectivity index (χ1) is 6.36. The predicted octanol–water partition coefficient (Wildman–Crippen LogP) is 1.29. The second-order valence-corrected chi connectivity index (χ2v) is 2.51. The Hall–Kier alpha value is -1.39. The maximum atomic E-state index is 11.8. The van der Waals surface area contributed by atoms with Gasteiger partial charge in [0.25, 0.3) is 0 Å². The fourth-order valence-corrected chi connectivity index (χ4v) is 0.874. The van der Waals surface area contributed by atoms with E-state index in [2.05, 4.69) is 20.6 Å². The average Bonchev–Trinajstić information content (AvgIpc) is 2.19. The highest BCUT2D eigenvalue weighted by Crippen LogP contribution is 2.06. The van der Waals surface area contributed by atoms with Crippen LogP contribution < -0.4 is 10.6 Å². The summed E-state index contributed by atoms with van der Waals surface area (Å²) in [6.07, 6.45) is 1.96. The van der Waals surface area contributed by atoms with Crippen LogP contribution in [0.3, 0.4) is 0 Å². The lowest BCUT2D eigenvalue weighted by molar-refractivity contribution is 0.481. The largest absolute Gasteiger partial charge is 0.373 e. The molecule has 0 aliphatic rings. The van der Waals surface area contributed by atoms with E-state index in [9.17, 15) is 4.39 Å². The fourth-order valence-electron chi connectivity index (χ4n) is 0.874. The van der Waals surface area contributed by atoms with Crippen molar-refractivity contribution < 1.29 is 4.39 Å². The maximum absolute atomic E-state index is 11.8. The first kappa shape index (κ1) is 9.70. The van der Waals surface area contributed by atoms with Crippen molar-refractivity contribution in [3.05, 3.63) is 12.4 Å². The van der Waals surface area contributed by atoms with Gasteiger partial charge in [0.1, 0.15) is 18.0 Å². The van der Waals surface area contributed by atoms with Crippen molar-refractivity contribution in [1.29, 1.82) is 0 Å². The first-order valence-corrected chi connectivity index (χ1v) is 4.16. The van der Waals surface area contributed by atoms with Gasteiger partial charge in [-0.25, -0.2) is 9.97 Å². The number of hydrogen-bond acceptors (Lipinski definition) is 4. The van der Waals surface area contributed by atoms with E-state index >= 15 is 0 Å². The highest BCUT2D eigenvalue weighted by molar-refractivity contribution is 5.45. The Morgan fingerprint density at radius 2 is 2.15 bits per heavy atom. The predicted molar refractivity (Wildman–Crippen MR) is 50.7 cm³/mol. The van der Waals surface area contributed by atoms with Crippen molar-refractivity contribution in [2.24, 2.45) is 0 Å². The summed E-state index contributed by atoms with van der Waals surface area (Å²) >= 11 is 0. The molecule has 72 valence electrons. The number of nitrogens with one attached hydrogen (secondary N) is 2. The SMILES string of the molecule is CNc1cc(NCCCF)ncn1. The molecule has 1 rings (SSSR count). The van der Waals surface area contributed by atoms with Crippen molar-refractivity contribution in [2.45, 2.75) is 6.42 Å². The van der Waals surface area contributed by atoms with Gasteiger partial charge in [0.15, 0.2) is 0 Å². The molecule has 0 saturated heterocycles. The van der Waals surface area contributed by atoms with Gasteiger partial charge in [-0.2, -0.15) is 0 Å². The minimum Gasteiger partial charge on any atom is -0.373 e. The monoisotopic (exact) mass is 184 g/mol. The molecular formula is C8H13FN4. The van der Waals surface area contributed by atoms with Crippen molar-refractivity contribution in [3.8, 4) is 0 Å². The number of alkyl halides is 1. The summed E-state index contributed by atoms with van der Waals surface area (Å²) in [6, 6.07) is 1.78. The van der Waals surface area contributed by atoms with E-state index in [0.29, 0.717) is 18.8 Å². The van der Waals surface area contributed by atoms with Crippen LogP contribution in [0.5, 0.6) is 0 Å². The third-order valence-electron chi connectivity index (χ3n) is 1.54. The minimum atomic E-state index is -0.309. The molecule has 1 heterocycles. The van der Waals surface area contributed by atoms with Crippen LogP contribution in [0.1, 0.15) is 6.42 Å². The van der Waals surface area contributed by atoms with Crippen LogP contribution in [0.2, 0.25) is 0 Å². The summed E-state index contributed by atoms with van der Waals surface area (Å²) in [5.74, 6) is 1.46. The van der Waals surface area contributed by atoms with Gasteiger partial charge in [0.2, 0.25) is 0 Å². The van der Waals surface area contributed by atoms with Crippen LogP contribution in [-0.2, 0) is 0 Å². The molecule has 1 aromatic rings. The highest BCUT2D eigenvalue weighted by atomic mass is 19.1. The molecular weight excluding hydrogens is 171 g/mol. The quantitative estimate of drug-likeness (QED) is 0.677. The van der Waals surface area contributed by atoms with Gasteiger partial charge in [0, 0.05) is 19.7 Å². The Labute approximate surface area is 76.6 Å². The van der Waals surface area contributed by atoms with Crippen molar-refractivity contribution in [1.82, 2.24) is 9.97 Å². The first-order valence-electron chi connectivity index (χ1n) is 4.16. The molecule has 0 amide bonds. The Morgan fingerprint density at radius 3 is 2.85 bits per heavy atom. The molecule has 0 aliphatic heterocycles. The zero-order valence-electron chi connectivity index (χ0n) is 7.55. The Balaban J connectivity index is 2.46. The number of nitrogens with zero attached hydrogens (tertiary/aromatic N) is 2. The van der Waals surface area contributed by atoms with Crippen LogP contribution >= 0.6 is 0 Å². The summed E-state index contributed by atoms with van der Waals surface area (Å²) in [7, 11) is 1.79. The summed E-state index contributed by atoms with van der Waals surface area (Å²) in [5.41, 5.74) is 0. The summed E-state index contributed by atoms with van der Waals surface area (Å²) < 4.78 is 11.8. The van der Waals surface area contributed by atoms with E-state index in [1.165, 1.54) is 6.33 Å². The van der Waals surface area contributed by atoms with Gasteiger partial charge in [0.05, 0.1) is 6.67 Å². The van der Waals surface area contributed by atoms with Gasteiger partial charge >= 0.3 is 0 Å². The number of hydrogen-bond donors (Lipinski definition) is 2. The number of anilines is 2. The topological polar surface area (TPSA) is 49.8 Å². The molecule has 5 heteroatoms. The Bertz CT molecular complexity index is 254. The summed E-state index contributed by atoms with van der Waals surface area (Å²) in [6.45, 7) is 0.285. The van der Waals surface area contributed by atoms with Crippen LogP contribution in [0.25, 0.3) is 0 Å². The lowest BCUT2D eigenvalue weighted by atomic mass is 10.4. The van der Waals surface area contributed by atoms with Crippen LogP contribution in [0.4, 0.5) is 16.0 Å². The molecule has 0 atom stereocenters. The molecule has 0 radical (unpaired) electrons. The van der Waals surface area contributed by atoms with Gasteiger partial charge in [-0.05, 0) is 6.42 Å². The number of halogens is 1. The molecule has 0 aromatic carbocycles. The summed E-state index contributed by atoms with van der Waals surface area (Å²) in [5, 5.41) is 5.88. The molecule has 13 heavy (non-hydrogen) atoms. The average molecular weight is 184 g/mol. The molecule has 0 aliphatic carbocycles. The second kappa shape index (κ2) is 5.29. The van der Waals surface area contributed by atoms with E-state index in [0.717, 1.165) is 5.82 Å². The van der Waals surface area contributed by atoms with Crippen LogP contribution in [0.15, 0.2) is 12.4 Å². The molecule has 4 nitrogen and oxygen atoms in total. The van der Waals surface area contributed by atoms with Gasteiger partial charge in [-0.1, -0.05) is 0 Å². The fraction of sp³-hybridized carbons (Fsp3) is 0.500. The van der Waals surface area contributed by atoms with Gasteiger partial charge < -0.3 is 10.6 Å². The zero-order valence-corrected chi connectivity index (χ0v) is 7.55. The van der Waals surface area contributed by atoms with Crippen molar-refractivity contribution in [2.75, 3.05) is 30.9 Å². The standard InChI is InChI=1S/C8H13FN4/c1-10-7-5-8(13-6-12-7)11-4-2-3-9/h5-6H,2-4H2,1H3,(H2,10,11,12,13). The van der Waals surface area contributed by atoms with E-state index in [4.69, 9.17) is 0 Å². The van der Waals surface area contributed by atoms with Gasteiger partial charge in [-0.3, -0.25) is 4.39 Å². The van der Waals surface area contributed by atoms with Crippen molar-refractivity contribution in [3.63, 3.8) is 0 Å². The van der Waals surface area contributed by atoms with Gasteiger partial charge in [-0.15, -0.1) is 0 Å². The Kier molecular flexibility index (Phi) is 3.95. The lowest BCUT2D eigenvalue weighted by Gasteiger charge is -2.04. The zero-order chi connectivity index (χ0) is 9.52. The van der Waals surface area contributed by atoms with E-state index in [-0.39, 0.29) is 6.67 Å². The normalized spacial score (nSPS) is 9.69. The number of rotatable bonds is 5. The summed E-state index contributed by atoms with van der Waals surface area (Å²) in [4.78, 5) is 7.92. The number of aromatic nitrogens is 2. The molecule has 0 saturated carbocycles. The minimum absolute atomic E-state index is 0.309. The Morgan fingerprint density at radius 1 is 1.38 bits per heavy atom. The lowest BCUT2D eigenvalue weighted by Crippen LogP contribution is -2.05. The molecule has 0 fully saturated rings. The van der Waals surface area contributed by atoms with Crippen LogP contribution in [0, 0.1) is 0 Å². The molecule has 0 bridgehead atoms.